The minimum absolute atomic E-state index is 0.0250. The van der Waals surface area contributed by atoms with Gasteiger partial charge in [-0.3, -0.25) is 14.4 Å². The highest BCUT2D eigenvalue weighted by atomic mass is 19.4. The minimum atomic E-state index is -4.59. The summed E-state index contributed by atoms with van der Waals surface area (Å²) in [6.07, 6.45) is 9.00. The van der Waals surface area contributed by atoms with Crippen molar-refractivity contribution in [3.05, 3.63) is 113 Å². The van der Waals surface area contributed by atoms with Crippen molar-refractivity contribution < 1.29 is 32.7 Å². The molecular weight excluding hydrogens is 595 g/mol. The van der Waals surface area contributed by atoms with Crippen molar-refractivity contribution in [1.29, 1.82) is 0 Å². The third-order valence-electron chi connectivity index (χ3n) is 9.07. The summed E-state index contributed by atoms with van der Waals surface area (Å²) in [4.78, 5) is 40.7. The van der Waals surface area contributed by atoms with Crippen molar-refractivity contribution in [3.63, 3.8) is 0 Å². The molecular formula is C36H38F3N3O4. The molecule has 3 amide bonds. The maximum atomic E-state index is 13.9. The number of anilines is 1. The SMILES string of the molecule is CNC(=O)C1C=CC(C2C=C(CC(O)(C(=O)Nc3cccc(C(F)(F)F)c3)C3CCN(C(=O)c4ccccc4)CC3)C=CC2)=CC1. The number of hydrogen-bond donors (Lipinski definition) is 3. The number of alkyl halides is 3. The lowest BCUT2D eigenvalue weighted by molar-refractivity contribution is -0.142. The maximum absolute atomic E-state index is 13.9. The van der Waals surface area contributed by atoms with Gasteiger partial charge in [-0.25, -0.2) is 0 Å². The van der Waals surface area contributed by atoms with Crippen LogP contribution in [0.4, 0.5) is 18.9 Å². The van der Waals surface area contributed by atoms with Gasteiger partial charge >= 0.3 is 6.18 Å². The van der Waals surface area contributed by atoms with Crippen LogP contribution in [0.1, 0.15) is 48.0 Å². The fraction of sp³-hybridized carbons (Fsp3) is 0.361. The van der Waals surface area contributed by atoms with Gasteiger partial charge in [-0.05, 0) is 67.2 Å². The second-order valence-corrected chi connectivity index (χ2v) is 12.1. The van der Waals surface area contributed by atoms with Gasteiger partial charge in [0.15, 0.2) is 0 Å². The molecule has 1 saturated heterocycles. The van der Waals surface area contributed by atoms with Crippen LogP contribution in [0.3, 0.4) is 0 Å². The van der Waals surface area contributed by atoms with Gasteiger partial charge in [0, 0.05) is 49.6 Å². The molecule has 0 radical (unpaired) electrons. The molecule has 5 rings (SSSR count). The van der Waals surface area contributed by atoms with E-state index in [0.29, 0.717) is 44.3 Å². The summed E-state index contributed by atoms with van der Waals surface area (Å²) in [6, 6.07) is 13.2. The van der Waals surface area contributed by atoms with Gasteiger partial charge in [0.05, 0.1) is 11.5 Å². The first-order valence-corrected chi connectivity index (χ1v) is 15.5. The van der Waals surface area contributed by atoms with Crippen LogP contribution >= 0.6 is 0 Å². The zero-order valence-corrected chi connectivity index (χ0v) is 25.6. The van der Waals surface area contributed by atoms with Gasteiger partial charge in [-0.15, -0.1) is 0 Å². The normalized spacial score (nSPS) is 21.5. The van der Waals surface area contributed by atoms with Crippen LogP contribution in [-0.2, 0) is 15.8 Å². The first kappa shape index (κ1) is 32.9. The van der Waals surface area contributed by atoms with Crippen molar-refractivity contribution in [1.82, 2.24) is 10.2 Å². The molecule has 242 valence electrons. The Morgan fingerprint density at radius 1 is 0.978 bits per heavy atom. The number of carbonyl (C=O) groups excluding carboxylic acids is 3. The molecule has 2 aromatic carbocycles. The third kappa shape index (κ3) is 7.50. The van der Waals surface area contributed by atoms with E-state index in [1.165, 1.54) is 12.1 Å². The first-order valence-electron chi connectivity index (χ1n) is 15.5. The predicted octanol–water partition coefficient (Wildman–Crippen LogP) is 6.07. The number of aliphatic hydroxyl groups is 1. The Bertz CT molecular complexity index is 1570. The molecule has 3 aliphatic rings. The largest absolute Gasteiger partial charge is 0.416 e. The van der Waals surface area contributed by atoms with Crippen molar-refractivity contribution in [2.45, 2.75) is 43.9 Å². The Hall–Kier alpha value is -4.44. The standard InChI is InChI=1S/C36H38F3N3O4/c1-40-32(43)26-15-13-25(14-16-26)28-10-5-7-24(21-28)23-35(46,34(45)41-31-12-6-11-30(22-31)36(37,38)39)29-17-19-42(20-18-29)33(44)27-8-3-2-4-9-27/h2-9,11-15,21-22,26,28-29,46H,10,16-20,23H2,1H3,(H,40,43)(H,41,45). The number of piperidine rings is 1. The molecule has 2 aromatic rings. The van der Waals surface area contributed by atoms with Gasteiger partial charge in [-0.2, -0.15) is 13.2 Å². The number of benzene rings is 2. The van der Waals surface area contributed by atoms with E-state index in [1.807, 2.05) is 42.5 Å². The molecule has 3 N–H and O–H groups in total. The second kappa shape index (κ2) is 13.9. The first-order chi connectivity index (χ1) is 22.0. The van der Waals surface area contributed by atoms with Gasteiger partial charge in [0.2, 0.25) is 5.91 Å². The summed E-state index contributed by atoms with van der Waals surface area (Å²) >= 11 is 0. The van der Waals surface area contributed by atoms with E-state index < -0.39 is 29.2 Å². The summed E-state index contributed by atoms with van der Waals surface area (Å²) < 4.78 is 40.2. The minimum Gasteiger partial charge on any atom is -0.379 e. The predicted molar refractivity (Wildman–Crippen MR) is 169 cm³/mol. The number of nitrogens with one attached hydrogen (secondary N) is 2. The van der Waals surface area contributed by atoms with Crippen LogP contribution in [0, 0.1) is 17.8 Å². The fourth-order valence-electron chi connectivity index (χ4n) is 6.45. The van der Waals surface area contributed by atoms with Crippen LogP contribution < -0.4 is 10.6 Å². The Morgan fingerprint density at radius 2 is 1.72 bits per heavy atom. The topological polar surface area (TPSA) is 98.7 Å². The lowest BCUT2D eigenvalue weighted by Crippen LogP contribution is -2.53. The number of nitrogens with zero attached hydrogens (tertiary/aromatic N) is 1. The molecule has 46 heavy (non-hydrogen) atoms. The quantitative estimate of drug-likeness (QED) is 0.329. The van der Waals surface area contributed by atoms with Crippen molar-refractivity contribution in [2.24, 2.45) is 17.8 Å². The summed E-state index contributed by atoms with van der Waals surface area (Å²) in [5.74, 6) is -1.80. The van der Waals surface area contributed by atoms with Crippen molar-refractivity contribution in [2.75, 3.05) is 25.5 Å². The molecule has 0 bridgehead atoms. The molecule has 0 aromatic heterocycles. The van der Waals surface area contributed by atoms with Crippen LogP contribution in [-0.4, -0.2) is 53.5 Å². The number of hydrogen-bond acceptors (Lipinski definition) is 4. The van der Waals surface area contributed by atoms with Gasteiger partial charge in [-0.1, -0.05) is 60.7 Å². The summed E-state index contributed by atoms with van der Waals surface area (Å²) in [6.45, 7) is 0.637. The monoisotopic (exact) mass is 633 g/mol. The number of rotatable bonds is 8. The molecule has 3 unspecified atom stereocenters. The highest BCUT2D eigenvalue weighted by molar-refractivity contribution is 5.98. The summed E-state index contributed by atoms with van der Waals surface area (Å²) in [7, 11) is 1.60. The maximum Gasteiger partial charge on any atom is 0.416 e. The lowest BCUT2D eigenvalue weighted by Gasteiger charge is -2.41. The molecule has 0 spiro atoms. The molecule has 1 aliphatic heterocycles. The molecule has 2 aliphatic carbocycles. The highest BCUT2D eigenvalue weighted by Crippen LogP contribution is 2.38. The Labute approximate surface area is 266 Å². The third-order valence-corrected chi connectivity index (χ3v) is 9.07. The Morgan fingerprint density at radius 3 is 2.37 bits per heavy atom. The molecule has 10 heteroatoms. The number of carbonyl (C=O) groups is 3. The molecule has 1 fully saturated rings. The average molecular weight is 634 g/mol. The van der Waals surface area contributed by atoms with Crippen LogP contribution in [0.15, 0.2) is 102 Å². The van der Waals surface area contributed by atoms with Crippen LogP contribution in [0.25, 0.3) is 0 Å². The van der Waals surface area contributed by atoms with E-state index in [-0.39, 0.29) is 35.8 Å². The fourth-order valence-corrected chi connectivity index (χ4v) is 6.45. The number of halogens is 3. The summed E-state index contributed by atoms with van der Waals surface area (Å²) in [5, 5.41) is 17.4. The smallest absolute Gasteiger partial charge is 0.379 e. The molecule has 3 atom stereocenters. The number of allylic oxidation sites excluding steroid dienone is 6. The van der Waals surface area contributed by atoms with Crippen molar-refractivity contribution >= 4 is 23.4 Å². The van der Waals surface area contributed by atoms with Gasteiger partial charge < -0.3 is 20.6 Å². The Balaban J connectivity index is 1.37. The molecule has 0 saturated carbocycles. The summed E-state index contributed by atoms with van der Waals surface area (Å²) in [5.41, 5.74) is -0.626. The van der Waals surface area contributed by atoms with Crippen LogP contribution in [0.2, 0.25) is 0 Å². The Kier molecular flexibility index (Phi) is 9.96. The average Bonchev–Trinajstić information content (AvgIpc) is 3.08. The van der Waals surface area contributed by atoms with E-state index in [0.717, 1.165) is 23.3 Å². The van der Waals surface area contributed by atoms with E-state index in [4.69, 9.17) is 0 Å². The van der Waals surface area contributed by atoms with Crippen molar-refractivity contribution in [3.8, 4) is 0 Å². The van der Waals surface area contributed by atoms with E-state index in [1.54, 1.807) is 36.2 Å². The zero-order valence-electron chi connectivity index (χ0n) is 25.6. The number of likely N-dealkylation sites (tertiary alicyclic amines) is 1. The molecule has 1 heterocycles. The zero-order chi connectivity index (χ0) is 32.9. The van der Waals surface area contributed by atoms with Gasteiger partial charge in [0.1, 0.15) is 5.60 Å². The lowest BCUT2D eigenvalue weighted by atomic mass is 9.74. The van der Waals surface area contributed by atoms with E-state index in [2.05, 4.69) is 10.6 Å². The number of amides is 3. The van der Waals surface area contributed by atoms with E-state index >= 15 is 0 Å². The second-order valence-electron chi connectivity index (χ2n) is 12.1. The highest BCUT2D eigenvalue weighted by Gasteiger charge is 2.46. The van der Waals surface area contributed by atoms with Gasteiger partial charge in [0.25, 0.3) is 11.8 Å². The van der Waals surface area contributed by atoms with Crippen LogP contribution in [0.5, 0.6) is 0 Å². The van der Waals surface area contributed by atoms with E-state index in [9.17, 15) is 32.7 Å². The molecule has 7 nitrogen and oxygen atoms in total.